The van der Waals surface area contributed by atoms with Crippen LogP contribution >= 0.6 is 0 Å². The first-order chi connectivity index (χ1) is 63.9. The molecule has 1 unspecified atom stereocenters. The number of rotatable bonds is 15. The fraction of sp³-hybridized carbons (Fsp3) is 0.282. The number of para-hydroxylation sites is 1. The molecule has 0 radical (unpaired) electrons. The molecule has 132 heavy (non-hydrogen) atoms. The number of hydrogen-bond acceptors (Lipinski definition) is 15. The Morgan fingerprint density at radius 1 is 0.371 bits per heavy atom. The number of nitrogens with one attached hydrogen (secondary N) is 9. The third-order valence-corrected chi connectivity index (χ3v) is 24.8. The van der Waals surface area contributed by atoms with Gasteiger partial charge in [0.15, 0.2) is 0 Å². The molecule has 1 aliphatic carbocycles. The van der Waals surface area contributed by atoms with Crippen LogP contribution in [0, 0.1) is 6.92 Å². The van der Waals surface area contributed by atoms with Gasteiger partial charge in [0.2, 0.25) is 5.91 Å². The van der Waals surface area contributed by atoms with Gasteiger partial charge in [0, 0.05) is 124 Å². The number of carbonyl (C=O) groups is 10. The van der Waals surface area contributed by atoms with Crippen LogP contribution < -0.4 is 48.7 Å². The third-order valence-electron chi connectivity index (χ3n) is 24.8. The Morgan fingerprint density at radius 3 is 1.22 bits per heavy atom. The lowest BCUT2D eigenvalue weighted by atomic mass is 9.91. The number of fused-ring (bicyclic) bond motifs is 6. The highest BCUT2D eigenvalue weighted by atomic mass is 16.5. The Bertz CT molecular complexity index is 5980. The van der Waals surface area contributed by atoms with Crippen LogP contribution in [0.3, 0.4) is 0 Å². The summed E-state index contributed by atoms with van der Waals surface area (Å²) in [5.41, 5.74) is 28.9. The molecule has 6 aliphatic rings. The van der Waals surface area contributed by atoms with Gasteiger partial charge in [-0.25, -0.2) is 46.6 Å². The predicted molar refractivity (Wildman–Crippen MR) is 500 cm³/mol. The predicted octanol–water partition coefficient (Wildman–Crippen LogP) is 16.2. The van der Waals surface area contributed by atoms with E-state index < -0.39 is 29.5 Å². The van der Waals surface area contributed by atoms with Crippen LogP contribution in [0.4, 0.5) is 30.6 Å². The second-order valence-electron chi connectivity index (χ2n) is 34.0. The molecule has 1 saturated carbocycles. The van der Waals surface area contributed by atoms with Crippen LogP contribution in [0.2, 0.25) is 0 Å². The van der Waals surface area contributed by atoms with E-state index >= 15 is 0 Å². The summed E-state index contributed by atoms with van der Waals surface area (Å²) in [6, 6.07) is 74.5. The molecule has 14 amide bonds. The molecule has 29 heteroatoms. The van der Waals surface area contributed by atoms with Gasteiger partial charge in [-0.15, -0.1) is 0 Å². The number of benzene rings is 11. The summed E-state index contributed by atoms with van der Waals surface area (Å²) >= 11 is 0. The van der Waals surface area contributed by atoms with E-state index in [0.29, 0.717) is 144 Å². The lowest BCUT2D eigenvalue weighted by Gasteiger charge is -2.32. The summed E-state index contributed by atoms with van der Waals surface area (Å²) in [5, 5.41) is 58.2. The van der Waals surface area contributed by atoms with E-state index in [1.165, 1.54) is 46.7 Å². The SMILES string of the molecule is CC(C)c1ccc(NC(=O)N2CCc3cc(C(=O)NO)ccc3C2)cc1.CC(CC(=O)N1CCc2cc(C(=O)NO)ccc2C1)c1cccc2ccccc12.Cc1ccc(CNC(=O)N2CCc3cc(C(=O)NO)ccc3C2)cc1.O=C(NO)c1ccc2c(c1)CCN(C(=O)NC1CCCCC1)C2.O=C(NO)c1ccc2c(c1)CCN(C(=O)Nc1ccccc1-c1ccccc1)C2. The molecule has 29 nitrogen and oxygen atoms in total. The van der Waals surface area contributed by atoms with Gasteiger partial charge in [-0.3, -0.25) is 54.8 Å². The highest BCUT2D eigenvalue weighted by Crippen LogP contribution is 2.34. The van der Waals surface area contributed by atoms with Gasteiger partial charge in [-0.05, 0) is 231 Å². The van der Waals surface area contributed by atoms with Crippen molar-refractivity contribution in [3.63, 3.8) is 0 Å². The van der Waals surface area contributed by atoms with E-state index in [1.807, 2.05) is 162 Å². The van der Waals surface area contributed by atoms with Crippen LogP contribution in [0.25, 0.3) is 21.9 Å². The number of hydrogen-bond donors (Lipinski definition) is 14. The first-order valence-electron chi connectivity index (χ1n) is 44.5. The molecule has 11 aromatic carbocycles. The summed E-state index contributed by atoms with van der Waals surface area (Å²) < 4.78 is 0. The van der Waals surface area contributed by atoms with Crippen molar-refractivity contribution in [2.75, 3.05) is 43.4 Å². The van der Waals surface area contributed by atoms with Gasteiger partial charge in [-0.2, -0.15) is 0 Å². The van der Waals surface area contributed by atoms with E-state index in [1.54, 1.807) is 103 Å². The minimum Gasteiger partial charge on any atom is -0.338 e. The molecule has 0 saturated heterocycles. The van der Waals surface area contributed by atoms with Gasteiger partial charge in [0.1, 0.15) is 0 Å². The number of anilines is 2. The molecule has 0 spiro atoms. The molecule has 1 fully saturated rings. The molecule has 0 bridgehead atoms. The fourth-order valence-corrected chi connectivity index (χ4v) is 17.2. The molecule has 0 aromatic heterocycles. The van der Waals surface area contributed by atoms with Gasteiger partial charge in [0.05, 0.1) is 5.69 Å². The second-order valence-corrected chi connectivity index (χ2v) is 34.0. The first kappa shape index (κ1) is 95.0. The lowest BCUT2D eigenvalue weighted by Crippen LogP contribution is -2.47. The van der Waals surface area contributed by atoms with Crippen LogP contribution in [0.5, 0.6) is 0 Å². The minimum absolute atomic E-state index is 0.0136. The maximum absolute atomic E-state index is 13.0. The van der Waals surface area contributed by atoms with Crippen molar-refractivity contribution in [3.05, 3.63) is 342 Å². The average molecular weight is 1790 g/mol. The number of carbonyl (C=O) groups excluding carboxylic acids is 10. The molecule has 5 aliphatic heterocycles. The van der Waals surface area contributed by atoms with Crippen LogP contribution in [0.1, 0.15) is 201 Å². The average Bonchev–Trinajstić information content (AvgIpc) is 0.859. The molecule has 1 atom stereocenters. The van der Waals surface area contributed by atoms with Gasteiger partial charge < -0.3 is 45.8 Å². The smallest absolute Gasteiger partial charge is 0.322 e. The zero-order chi connectivity index (χ0) is 93.3. The highest BCUT2D eigenvalue weighted by Gasteiger charge is 2.30. The highest BCUT2D eigenvalue weighted by molar-refractivity contribution is 5.98. The Balaban J connectivity index is 0.000000141. The molecule has 684 valence electrons. The van der Waals surface area contributed by atoms with E-state index in [2.05, 4.69) is 72.4 Å². The maximum atomic E-state index is 13.0. The summed E-state index contributed by atoms with van der Waals surface area (Å²) in [5.74, 6) is -1.89. The third kappa shape index (κ3) is 24.9. The van der Waals surface area contributed by atoms with Crippen molar-refractivity contribution in [2.24, 2.45) is 0 Å². The topological polar surface area (TPSA) is 396 Å². The summed E-state index contributed by atoms with van der Waals surface area (Å²) in [6.07, 6.45) is 9.72. The largest absolute Gasteiger partial charge is 0.338 e. The van der Waals surface area contributed by atoms with Crippen molar-refractivity contribution >= 4 is 81.7 Å². The quantitative estimate of drug-likeness (QED) is 0.0335. The molecular formula is C103H112N14O15. The van der Waals surface area contributed by atoms with E-state index in [0.717, 1.165) is 103 Å². The van der Waals surface area contributed by atoms with Crippen molar-refractivity contribution in [1.29, 1.82) is 0 Å². The number of nitrogens with zero attached hydrogens (tertiary/aromatic N) is 5. The van der Waals surface area contributed by atoms with E-state index in [-0.39, 0.29) is 35.9 Å². The van der Waals surface area contributed by atoms with Crippen molar-refractivity contribution < 1.29 is 74.0 Å². The first-order valence-corrected chi connectivity index (χ1v) is 44.5. The Labute approximate surface area is 766 Å². The zero-order valence-corrected chi connectivity index (χ0v) is 74.4. The molecule has 5 heterocycles. The second kappa shape index (κ2) is 45.6. The number of aryl methyl sites for hydroxylation is 1. The van der Waals surface area contributed by atoms with Crippen LogP contribution in [0.15, 0.2) is 237 Å². The van der Waals surface area contributed by atoms with Crippen molar-refractivity contribution in [3.8, 4) is 11.1 Å². The van der Waals surface area contributed by atoms with Gasteiger partial charge in [0.25, 0.3) is 29.5 Å². The molecule has 11 aromatic rings. The Morgan fingerprint density at radius 2 is 0.765 bits per heavy atom. The summed E-state index contributed by atoms with van der Waals surface area (Å²) in [7, 11) is 0. The summed E-state index contributed by atoms with van der Waals surface area (Å²) in [6.45, 7) is 14.5. The Hall–Kier alpha value is -14.6. The molecular weight excluding hydrogens is 1670 g/mol. The fourth-order valence-electron chi connectivity index (χ4n) is 17.2. The van der Waals surface area contributed by atoms with Crippen LogP contribution in [-0.4, -0.2) is 149 Å². The maximum Gasteiger partial charge on any atom is 0.322 e. The molecule has 14 N–H and O–H groups in total. The van der Waals surface area contributed by atoms with Crippen molar-refractivity contribution in [1.82, 2.24) is 62.5 Å². The number of urea groups is 4. The monoisotopic (exact) mass is 1780 g/mol. The van der Waals surface area contributed by atoms with E-state index in [4.69, 9.17) is 26.0 Å². The standard InChI is InChI=1S/C24H24N2O3.C23H21N3O3.C20H23N3O3.C19H21N3O3.C17H23N3O3/c1-16(21-8-4-6-17-5-2-3-7-22(17)21)13-23(27)26-12-11-18-14-19(24(28)25-29)9-10-20(18)15-26;27-22(25-29)18-10-11-19-15-26(13-12-17(19)14-18)23(28)24-21-9-5-4-8-20(21)16-6-2-1-3-7-16;1-13(2)14-5-7-18(8-6-14)21-20(25)23-10-9-15-11-16(19(24)22-26)3-4-17(15)12-23;1-13-2-4-14(5-3-13)11-20-19(24)22-9-8-15-10-16(18(23)21-25)6-7-17(15)12-22;21-16(19-23)13-6-7-14-11-20(9-8-12(14)10-13)17(22)18-15-4-2-1-3-5-15/h2-10,14,16,29H,11-13,15H2,1H3,(H,25,28);1-11,14,29H,12-13,15H2,(H,24,28)(H,25,27);3-8,11,13,26H,9-10,12H2,1-2H3,(H,21,25)(H,22,24);2-7,10,25H,8-9,11-12H2,1H3,(H,20,24)(H,21,23);6-7,10,15,23H,1-5,8-9,11H2,(H,18,22)(H,19,21). The normalized spacial score (nSPS) is 14.2. The van der Waals surface area contributed by atoms with E-state index in [9.17, 15) is 47.9 Å². The van der Waals surface area contributed by atoms with Crippen molar-refractivity contribution in [2.45, 2.75) is 155 Å². The van der Waals surface area contributed by atoms with Gasteiger partial charge in [-0.1, -0.05) is 203 Å². The Kier molecular flexibility index (Phi) is 32.8. The number of amides is 14. The zero-order valence-electron chi connectivity index (χ0n) is 74.4. The minimum atomic E-state index is -0.537. The number of hydroxylamine groups is 5. The summed E-state index contributed by atoms with van der Waals surface area (Å²) in [4.78, 5) is 130. The van der Waals surface area contributed by atoms with Crippen LogP contribution in [-0.2, 0) is 76.2 Å². The lowest BCUT2D eigenvalue weighted by molar-refractivity contribution is -0.132. The van der Waals surface area contributed by atoms with Gasteiger partial charge >= 0.3 is 24.1 Å². The molecule has 17 rings (SSSR count).